The SMILES string of the molecule is CCC[C@H](C)[C@@]1(CC)C(=O)NC(=O)N(C)C1=O. The van der Waals surface area contributed by atoms with Crippen LogP contribution in [0.2, 0.25) is 0 Å². The second kappa shape index (κ2) is 4.85. The van der Waals surface area contributed by atoms with Gasteiger partial charge in [-0.1, -0.05) is 27.2 Å². The molecule has 0 aromatic carbocycles. The average Bonchev–Trinajstić information content (AvgIpc) is 2.28. The topological polar surface area (TPSA) is 66.5 Å². The van der Waals surface area contributed by atoms with Crippen LogP contribution in [0.5, 0.6) is 0 Å². The van der Waals surface area contributed by atoms with Gasteiger partial charge in [-0.05, 0) is 18.8 Å². The van der Waals surface area contributed by atoms with Crippen molar-refractivity contribution in [2.75, 3.05) is 7.05 Å². The molecule has 2 atom stereocenters. The molecular formula is C12H20N2O3. The van der Waals surface area contributed by atoms with E-state index < -0.39 is 17.4 Å². The molecule has 1 rings (SSSR count). The van der Waals surface area contributed by atoms with E-state index in [-0.39, 0.29) is 11.8 Å². The van der Waals surface area contributed by atoms with E-state index in [1.807, 2.05) is 20.8 Å². The number of hydrogen-bond donors (Lipinski definition) is 1. The van der Waals surface area contributed by atoms with Crippen LogP contribution >= 0.6 is 0 Å². The van der Waals surface area contributed by atoms with E-state index in [2.05, 4.69) is 5.32 Å². The molecule has 96 valence electrons. The maximum absolute atomic E-state index is 12.3. The van der Waals surface area contributed by atoms with Crippen LogP contribution in [0.4, 0.5) is 4.79 Å². The minimum absolute atomic E-state index is 0.0689. The highest BCUT2D eigenvalue weighted by molar-refractivity contribution is 6.19. The van der Waals surface area contributed by atoms with E-state index >= 15 is 0 Å². The first-order valence-corrected chi connectivity index (χ1v) is 6.05. The van der Waals surface area contributed by atoms with Gasteiger partial charge in [0.15, 0.2) is 0 Å². The summed E-state index contributed by atoms with van der Waals surface area (Å²) < 4.78 is 0. The van der Waals surface area contributed by atoms with E-state index in [0.717, 1.165) is 17.7 Å². The molecule has 0 aromatic rings. The maximum atomic E-state index is 12.3. The van der Waals surface area contributed by atoms with Crippen LogP contribution in [0, 0.1) is 11.3 Å². The first kappa shape index (κ1) is 13.7. The number of amides is 4. The molecular weight excluding hydrogens is 220 g/mol. The minimum Gasteiger partial charge on any atom is -0.277 e. The van der Waals surface area contributed by atoms with Gasteiger partial charge < -0.3 is 0 Å². The summed E-state index contributed by atoms with van der Waals surface area (Å²) in [7, 11) is 1.41. The molecule has 1 aliphatic heterocycles. The molecule has 0 aliphatic carbocycles. The van der Waals surface area contributed by atoms with Crippen LogP contribution in [0.15, 0.2) is 0 Å². The number of hydrogen-bond acceptors (Lipinski definition) is 3. The lowest BCUT2D eigenvalue weighted by Crippen LogP contribution is -2.64. The lowest BCUT2D eigenvalue weighted by molar-refractivity contribution is -0.155. The predicted molar refractivity (Wildman–Crippen MR) is 63.1 cm³/mol. The van der Waals surface area contributed by atoms with Crippen molar-refractivity contribution in [2.24, 2.45) is 11.3 Å². The number of urea groups is 1. The summed E-state index contributed by atoms with van der Waals surface area (Å²) in [5.41, 5.74) is -1.08. The van der Waals surface area contributed by atoms with Gasteiger partial charge in [-0.15, -0.1) is 0 Å². The molecule has 0 spiro atoms. The quantitative estimate of drug-likeness (QED) is 0.758. The third-order valence-corrected chi connectivity index (χ3v) is 3.74. The summed E-state index contributed by atoms with van der Waals surface area (Å²) in [5.74, 6) is -0.899. The summed E-state index contributed by atoms with van der Waals surface area (Å²) in [6, 6.07) is -0.632. The van der Waals surface area contributed by atoms with Crippen LogP contribution in [-0.4, -0.2) is 29.8 Å². The highest BCUT2D eigenvalue weighted by Gasteiger charge is 2.54. The predicted octanol–water partition coefficient (Wildman–Crippen LogP) is 1.53. The van der Waals surface area contributed by atoms with Crippen LogP contribution in [-0.2, 0) is 9.59 Å². The molecule has 17 heavy (non-hydrogen) atoms. The summed E-state index contributed by atoms with van der Waals surface area (Å²) in [4.78, 5) is 36.7. The fourth-order valence-electron chi connectivity index (χ4n) is 2.56. The fraction of sp³-hybridized carbons (Fsp3) is 0.750. The Morgan fingerprint density at radius 1 is 1.29 bits per heavy atom. The molecule has 0 aromatic heterocycles. The molecule has 0 bridgehead atoms. The van der Waals surface area contributed by atoms with Crippen molar-refractivity contribution in [3.63, 3.8) is 0 Å². The van der Waals surface area contributed by atoms with E-state index in [4.69, 9.17) is 0 Å². The summed E-state index contributed by atoms with van der Waals surface area (Å²) >= 11 is 0. The van der Waals surface area contributed by atoms with Crippen LogP contribution < -0.4 is 5.32 Å². The number of imide groups is 2. The van der Waals surface area contributed by atoms with Gasteiger partial charge >= 0.3 is 6.03 Å². The minimum atomic E-state index is -1.08. The monoisotopic (exact) mass is 240 g/mol. The Balaban J connectivity index is 3.15. The zero-order valence-corrected chi connectivity index (χ0v) is 10.9. The third-order valence-electron chi connectivity index (χ3n) is 3.74. The Labute approximate surface area is 102 Å². The lowest BCUT2D eigenvalue weighted by atomic mass is 9.69. The number of nitrogens with zero attached hydrogens (tertiary/aromatic N) is 1. The van der Waals surface area contributed by atoms with Crippen LogP contribution in [0.1, 0.15) is 40.0 Å². The lowest BCUT2D eigenvalue weighted by Gasteiger charge is -2.41. The Morgan fingerprint density at radius 2 is 1.88 bits per heavy atom. The Hall–Kier alpha value is -1.39. The van der Waals surface area contributed by atoms with Crippen molar-refractivity contribution in [3.05, 3.63) is 0 Å². The number of carbonyl (C=O) groups excluding carboxylic acids is 3. The van der Waals surface area contributed by atoms with Crippen molar-refractivity contribution in [1.29, 1.82) is 0 Å². The number of barbiturate groups is 1. The van der Waals surface area contributed by atoms with E-state index in [1.165, 1.54) is 7.05 Å². The number of rotatable bonds is 4. The van der Waals surface area contributed by atoms with Crippen molar-refractivity contribution in [2.45, 2.75) is 40.0 Å². The summed E-state index contributed by atoms with van der Waals surface area (Å²) in [6.07, 6.45) is 2.10. The molecule has 5 nitrogen and oxygen atoms in total. The zero-order valence-electron chi connectivity index (χ0n) is 10.9. The van der Waals surface area contributed by atoms with Crippen LogP contribution in [0.3, 0.4) is 0 Å². The maximum Gasteiger partial charge on any atom is 0.330 e. The van der Waals surface area contributed by atoms with Gasteiger partial charge in [0.2, 0.25) is 11.8 Å². The first-order valence-electron chi connectivity index (χ1n) is 6.05. The summed E-state index contributed by atoms with van der Waals surface area (Å²) in [5, 5.41) is 2.27. The zero-order chi connectivity index (χ0) is 13.2. The standard InChI is InChI=1S/C12H20N2O3/c1-5-7-8(3)12(6-2)9(15)13-11(17)14(4)10(12)16/h8H,5-7H2,1-4H3,(H,13,15,17)/t8-,12-/m0/s1. The Kier molecular flexibility index (Phi) is 3.91. The van der Waals surface area contributed by atoms with Gasteiger partial charge in [-0.2, -0.15) is 0 Å². The van der Waals surface area contributed by atoms with Crippen molar-refractivity contribution in [3.8, 4) is 0 Å². The molecule has 0 radical (unpaired) electrons. The van der Waals surface area contributed by atoms with Gasteiger partial charge in [0.1, 0.15) is 5.41 Å². The average molecular weight is 240 g/mol. The third kappa shape index (κ3) is 1.94. The first-order chi connectivity index (χ1) is 7.91. The van der Waals surface area contributed by atoms with E-state index in [0.29, 0.717) is 6.42 Å². The summed E-state index contributed by atoms with van der Waals surface area (Å²) in [6.45, 7) is 5.72. The van der Waals surface area contributed by atoms with Gasteiger partial charge in [-0.3, -0.25) is 19.8 Å². The molecule has 1 N–H and O–H groups in total. The molecule has 1 saturated heterocycles. The van der Waals surface area contributed by atoms with Crippen molar-refractivity contribution < 1.29 is 14.4 Å². The van der Waals surface area contributed by atoms with Gasteiger partial charge in [0, 0.05) is 7.05 Å². The van der Waals surface area contributed by atoms with Gasteiger partial charge in [0.05, 0.1) is 0 Å². The van der Waals surface area contributed by atoms with E-state index in [1.54, 1.807) is 0 Å². The highest BCUT2D eigenvalue weighted by atomic mass is 16.2. The molecule has 0 saturated carbocycles. The van der Waals surface area contributed by atoms with Gasteiger partial charge in [0.25, 0.3) is 0 Å². The molecule has 0 unspecified atom stereocenters. The smallest absolute Gasteiger partial charge is 0.277 e. The molecule has 4 amide bonds. The van der Waals surface area contributed by atoms with Crippen molar-refractivity contribution in [1.82, 2.24) is 10.2 Å². The Morgan fingerprint density at radius 3 is 2.35 bits per heavy atom. The van der Waals surface area contributed by atoms with Crippen LogP contribution in [0.25, 0.3) is 0 Å². The molecule has 1 aliphatic rings. The van der Waals surface area contributed by atoms with Gasteiger partial charge in [-0.25, -0.2) is 4.79 Å². The molecule has 1 heterocycles. The largest absolute Gasteiger partial charge is 0.330 e. The molecule has 5 heteroatoms. The van der Waals surface area contributed by atoms with Crippen molar-refractivity contribution >= 4 is 17.8 Å². The number of nitrogens with one attached hydrogen (secondary N) is 1. The normalized spacial score (nSPS) is 27.1. The fourth-order valence-corrected chi connectivity index (χ4v) is 2.56. The Bertz CT molecular complexity index is 354. The second-order valence-corrected chi connectivity index (χ2v) is 4.64. The van der Waals surface area contributed by atoms with E-state index in [9.17, 15) is 14.4 Å². The highest BCUT2D eigenvalue weighted by Crippen LogP contribution is 2.38. The number of carbonyl (C=O) groups is 3. The molecule has 1 fully saturated rings. The second-order valence-electron chi connectivity index (χ2n) is 4.64.